The second-order valence-electron chi connectivity index (χ2n) is 2.33. The fraction of sp³-hybridized carbons (Fsp3) is 0.222. The van der Waals surface area contributed by atoms with Crippen LogP contribution in [0, 0.1) is 0 Å². The Morgan fingerprint density at radius 3 is 2.77 bits per heavy atom. The van der Waals surface area contributed by atoms with E-state index in [1.807, 2.05) is 25.1 Å². The molecule has 0 bridgehead atoms. The first-order valence-electron chi connectivity index (χ1n) is 3.84. The van der Waals surface area contributed by atoms with Gasteiger partial charge in [0.2, 0.25) is 0 Å². The van der Waals surface area contributed by atoms with Crippen LogP contribution in [0.2, 0.25) is 0 Å². The molecule has 0 heterocycles. The van der Waals surface area contributed by atoms with E-state index in [0.717, 1.165) is 14.5 Å². The zero-order valence-electron chi connectivity index (χ0n) is 7.13. The van der Waals surface area contributed by atoms with Crippen molar-refractivity contribution in [3.63, 3.8) is 0 Å². The highest BCUT2D eigenvalue weighted by Gasteiger charge is 1.95. The van der Waals surface area contributed by atoms with E-state index in [-0.39, 0.29) is 0 Å². The summed E-state index contributed by atoms with van der Waals surface area (Å²) in [5, 5.41) is 3.77. The summed E-state index contributed by atoms with van der Waals surface area (Å²) in [7, 11) is 0. The van der Waals surface area contributed by atoms with E-state index < -0.39 is 0 Å². The highest BCUT2D eigenvalue weighted by atomic mass is 79.9. The summed E-state index contributed by atoms with van der Waals surface area (Å²) < 4.78 is 2.04. The molecule has 0 amide bonds. The third-order valence-electron chi connectivity index (χ3n) is 1.35. The molecule has 0 atom stereocenters. The number of hydrogen-bond acceptors (Lipinski definition) is 2. The van der Waals surface area contributed by atoms with Crippen LogP contribution in [0.5, 0.6) is 0 Å². The molecule has 1 aromatic carbocycles. The molecule has 1 rings (SSSR count). The van der Waals surface area contributed by atoms with Gasteiger partial charge in [-0.3, -0.25) is 0 Å². The van der Waals surface area contributed by atoms with Crippen LogP contribution < -0.4 is 0 Å². The zero-order chi connectivity index (χ0) is 9.68. The zero-order valence-corrected chi connectivity index (χ0v) is 10.3. The van der Waals surface area contributed by atoms with Gasteiger partial charge in [0.1, 0.15) is 6.61 Å². The molecule has 0 aliphatic carbocycles. The Labute approximate surface area is 94.2 Å². The number of halogens is 2. The van der Waals surface area contributed by atoms with Gasteiger partial charge in [0.15, 0.2) is 0 Å². The van der Waals surface area contributed by atoms with Crippen LogP contribution in [0.3, 0.4) is 0 Å². The summed E-state index contributed by atoms with van der Waals surface area (Å²) in [6.45, 7) is 2.49. The summed E-state index contributed by atoms with van der Waals surface area (Å²) in [6, 6.07) is 5.88. The van der Waals surface area contributed by atoms with Gasteiger partial charge in [-0.2, -0.15) is 0 Å². The van der Waals surface area contributed by atoms with Crippen LogP contribution in [0.15, 0.2) is 32.3 Å². The number of nitrogens with zero attached hydrogens (tertiary/aromatic N) is 1. The van der Waals surface area contributed by atoms with Crippen molar-refractivity contribution in [2.24, 2.45) is 5.16 Å². The monoisotopic (exact) mass is 305 g/mol. The summed E-state index contributed by atoms with van der Waals surface area (Å²) in [6.07, 6.45) is 1.68. The number of benzene rings is 1. The Balaban J connectivity index is 2.73. The molecule has 0 saturated heterocycles. The molecule has 1 aromatic rings. The van der Waals surface area contributed by atoms with Gasteiger partial charge in [0, 0.05) is 8.95 Å². The third-order valence-corrected chi connectivity index (χ3v) is 3.23. The van der Waals surface area contributed by atoms with E-state index in [2.05, 4.69) is 37.0 Å². The van der Waals surface area contributed by atoms with Crippen molar-refractivity contribution >= 4 is 38.1 Å². The predicted octanol–water partition coefficient (Wildman–Crippen LogP) is 3.58. The summed E-state index contributed by atoms with van der Waals surface area (Å²) >= 11 is 6.79. The van der Waals surface area contributed by atoms with Crippen LogP contribution in [0.1, 0.15) is 12.5 Å². The van der Waals surface area contributed by atoms with E-state index >= 15 is 0 Å². The van der Waals surface area contributed by atoms with E-state index in [1.54, 1.807) is 6.21 Å². The second kappa shape index (κ2) is 5.40. The van der Waals surface area contributed by atoms with Crippen molar-refractivity contribution < 1.29 is 4.84 Å². The molecule has 4 heteroatoms. The molecular formula is C9H9Br2NO. The Hall–Kier alpha value is -0.350. The maximum Gasteiger partial charge on any atom is 0.114 e. The average Bonchev–Trinajstić information content (AvgIpc) is 2.12. The fourth-order valence-corrected chi connectivity index (χ4v) is 1.41. The van der Waals surface area contributed by atoms with Gasteiger partial charge < -0.3 is 4.84 Å². The lowest BCUT2D eigenvalue weighted by atomic mass is 10.2. The molecule has 0 radical (unpaired) electrons. The fourth-order valence-electron chi connectivity index (χ4n) is 0.765. The molecule has 0 aliphatic rings. The van der Waals surface area contributed by atoms with Crippen LogP contribution in [0.4, 0.5) is 0 Å². The van der Waals surface area contributed by atoms with Crippen molar-refractivity contribution in [2.75, 3.05) is 6.61 Å². The van der Waals surface area contributed by atoms with Crippen LogP contribution >= 0.6 is 31.9 Å². The first-order valence-corrected chi connectivity index (χ1v) is 5.43. The van der Waals surface area contributed by atoms with Crippen molar-refractivity contribution in [2.45, 2.75) is 6.92 Å². The van der Waals surface area contributed by atoms with Crippen molar-refractivity contribution in [1.29, 1.82) is 0 Å². The molecule has 0 aliphatic heterocycles. The van der Waals surface area contributed by atoms with Gasteiger partial charge in [-0.25, -0.2) is 0 Å². The van der Waals surface area contributed by atoms with E-state index in [9.17, 15) is 0 Å². The van der Waals surface area contributed by atoms with Gasteiger partial charge in [0.25, 0.3) is 0 Å². The normalized spacial score (nSPS) is 10.7. The van der Waals surface area contributed by atoms with Crippen molar-refractivity contribution in [1.82, 2.24) is 0 Å². The Kier molecular flexibility index (Phi) is 4.45. The van der Waals surface area contributed by atoms with Gasteiger partial charge in [-0.15, -0.1) is 0 Å². The molecule has 0 unspecified atom stereocenters. The van der Waals surface area contributed by atoms with Gasteiger partial charge in [0.05, 0.1) is 6.21 Å². The third kappa shape index (κ3) is 3.48. The smallest absolute Gasteiger partial charge is 0.114 e. The maximum atomic E-state index is 4.85. The predicted molar refractivity (Wildman–Crippen MR) is 61.1 cm³/mol. The van der Waals surface area contributed by atoms with E-state index in [0.29, 0.717) is 6.61 Å². The van der Waals surface area contributed by atoms with Crippen molar-refractivity contribution in [3.8, 4) is 0 Å². The summed E-state index contributed by atoms with van der Waals surface area (Å²) in [5.41, 5.74) is 1.00. The lowest BCUT2D eigenvalue weighted by molar-refractivity contribution is 0.160. The Morgan fingerprint density at radius 1 is 1.38 bits per heavy atom. The van der Waals surface area contributed by atoms with E-state index in [4.69, 9.17) is 4.84 Å². The first kappa shape index (κ1) is 10.7. The van der Waals surface area contributed by atoms with Crippen LogP contribution in [-0.2, 0) is 4.84 Å². The highest BCUT2D eigenvalue weighted by molar-refractivity contribution is 9.13. The summed E-state index contributed by atoms with van der Waals surface area (Å²) in [5.74, 6) is 0. The first-order chi connectivity index (χ1) is 6.24. The Morgan fingerprint density at radius 2 is 2.15 bits per heavy atom. The number of rotatable bonds is 3. The lowest BCUT2D eigenvalue weighted by Crippen LogP contribution is -1.84. The maximum absolute atomic E-state index is 4.85. The molecule has 13 heavy (non-hydrogen) atoms. The minimum atomic E-state index is 0.591. The highest BCUT2D eigenvalue weighted by Crippen LogP contribution is 2.23. The SMILES string of the molecule is CCO/N=C/c1ccc(Br)c(Br)c1. The minimum absolute atomic E-state index is 0.591. The molecule has 0 saturated carbocycles. The molecule has 0 spiro atoms. The topological polar surface area (TPSA) is 21.6 Å². The summed E-state index contributed by atoms with van der Waals surface area (Å²) in [4.78, 5) is 4.85. The molecule has 70 valence electrons. The lowest BCUT2D eigenvalue weighted by Gasteiger charge is -1.97. The largest absolute Gasteiger partial charge is 0.396 e. The Bertz CT molecular complexity index is 312. The molecular weight excluding hydrogens is 298 g/mol. The number of oxime groups is 1. The quantitative estimate of drug-likeness (QED) is 0.618. The number of hydrogen-bond donors (Lipinski definition) is 0. The molecule has 2 nitrogen and oxygen atoms in total. The van der Waals surface area contributed by atoms with Gasteiger partial charge in [-0.05, 0) is 56.5 Å². The van der Waals surface area contributed by atoms with Crippen LogP contribution in [-0.4, -0.2) is 12.8 Å². The second-order valence-corrected chi connectivity index (χ2v) is 4.03. The van der Waals surface area contributed by atoms with E-state index in [1.165, 1.54) is 0 Å². The van der Waals surface area contributed by atoms with Gasteiger partial charge >= 0.3 is 0 Å². The average molecular weight is 307 g/mol. The van der Waals surface area contributed by atoms with Crippen molar-refractivity contribution in [3.05, 3.63) is 32.7 Å². The molecule has 0 fully saturated rings. The standard InChI is InChI=1S/C9H9Br2NO/c1-2-13-12-6-7-3-4-8(10)9(11)5-7/h3-6H,2H2,1H3/b12-6+. The minimum Gasteiger partial charge on any atom is -0.396 e. The van der Waals surface area contributed by atoms with Gasteiger partial charge in [-0.1, -0.05) is 11.2 Å². The molecule has 0 N–H and O–H groups in total. The van der Waals surface area contributed by atoms with Crippen LogP contribution in [0.25, 0.3) is 0 Å². The molecule has 0 aromatic heterocycles.